The third-order valence-electron chi connectivity index (χ3n) is 6.69. The van der Waals surface area contributed by atoms with Crippen molar-refractivity contribution in [3.8, 4) is 0 Å². The summed E-state index contributed by atoms with van der Waals surface area (Å²) >= 11 is 0. The number of carbonyl (C=O) groups excluding carboxylic acids is 1. The molecule has 0 bridgehead atoms. The molecule has 4 rings (SSSR count). The zero-order valence-corrected chi connectivity index (χ0v) is 18.2. The lowest BCUT2D eigenvalue weighted by Crippen LogP contribution is -2.35. The highest BCUT2D eigenvalue weighted by Gasteiger charge is 2.21. The van der Waals surface area contributed by atoms with Gasteiger partial charge in [0.15, 0.2) is 0 Å². The molecule has 30 heavy (non-hydrogen) atoms. The van der Waals surface area contributed by atoms with Gasteiger partial charge in [-0.05, 0) is 80.1 Å². The highest BCUT2D eigenvalue weighted by molar-refractivity contribution is 5.89. The summed E-state index contributed by atoms with van der Waals surface area (Å²) in [6, 6.07) is 16.8. The number of carbonyl (C=O) groups is 1. The number of nitrogens with zero attached hydrogens (tertiary/aromatic N) is 2. The van der Waals surface area contributed by atoms with Crippen LogP contribution in [0.3, 0.4) is 0 Å². The van der Waals surface area contributed by atoms with Crippen LogP contribution < -0.4 is 0 Å². The summed E-state index contributed by atoms with van der Waals surface area (Å²) in [5.74, 6) is 0.307. The van der Waals surface area contributed by atoms with Gasteiger partial charge in [-0.1, -0.05) is 43.3 Å². The van der Waals surface area contributed by atoms with Crippen LogP contribution in [0.25, 0.3) is 0 Å². The molecule has 2 aromatic carbocycles. The van der Waals surface area contributed by atoms with Gasteiger partial charge in [0.1, 0.15) is 0 Å². The van der Waals surface area contributed by atoms with E-state index in [0.29, 0.717) is 18.1 Å². The minimum Gasteiger partial charge on any atom is -0.462 e. The lowest BCUT2D eigenvalue weighted by molar-refractivity contribution is 0.0368. The van der Waals surface area contributed by atoms with Crippen LogP contribution in [0.2, 0.25) is 0 Å². The Kier molecular flexibility index (Phi) is 7.19. The summed E-state index contributed by atoms with van der Waals surface area (Å²) in [7, 11) is 0. The summed E-state index contributed by atoms with van der Waals surface area (Å²) in [6.07, 6.45) is 4.28. The average molecular weight is 407 g/mol. The van der Waals surface area contributed by atoms with Gasteiger partial charge in [-0.3, -0.25) is 4.90 Å². The van der Waals surface area contributed by atoms with Crippen LogP contribution in [0.5, 0.6) is 0 Å². The van der Waals surface area contributed by atoms with E-state index < -0.39 is 0 Å². The van der Waals surface area contributed by atoms with E-state index in [9.17, 15) is 4.79 Å². The van der Waals surface area contributed by atoms with Crippen molar-refractivity contribution in [2.75, 3.05) is 39.3 Å². The zero-order chi connectivity index (χ0) is 20.8. The maximum atomic E-state index is 12.6. The third kappa shape index (κ3) is 5.50. The minimum atomic E-state index is -0.166. The van der Waals surface area contributed by atoms with Crippen LogP contribution in [0, 0.1) is 5.92 Å². The monoisotopic (exact) mass is 406 g/mol. The predicted octanol–water partition coefficient (Wildman–Crippen LogP) is 4.18. The molecule has 0 N–H and O–H groups in total. The maximum Gasteiger partial charge on any atom is 0.338 e. The molecule has 0 aromatic heterocycles. The van der Waals surface area contributed by atoms with E-state index in [2.05, 4.69) is 59.2 Å². The first kappa shape index (κ1) is 21.1. The number of hydrogen-bond donors (Lipinski definition) is 0. The number of fused-ring (bicyclic) bond motifs is 1. The molecule has 2 aliphatic rings. The van der Waals surface area contributed by atoms with Gasteiger partial charge < -0.3 is 9.64 Å². The van der Waals surface area contributed by atoms with Crippen molar-refractivity contribution in [1.29, 1.82) is 0 Å². The molecule has 0 radical (unpaired) electrons. The van der Waals surface area contributed by atoms with E-state index in [4.69, 9.17) is 4.74 Å². The maximum absolute atomic E-state index is 12.6. The SMILES string of the molecule is CCN1CCc2ccc(C(=O)OCC3CCN(Cc4ccccc4)CC3)cc2CC1. The van der Waals surface area contributed by atoms with Crippen LogP contribution in [-0.4, -0.2) is 55.1 Å². The molecule has 0 atom stereocenters. The molecule has 0 aliphatic carbocycles. The number of esters is 1. The van der Waals surface area contributed by atoms with Gasteiger partial charge in [0.25, 0.3) is 0 Å². The summed E-state index contributed by atoms with van der Waals surface area (Å²) in [6.45, 7) is 9.18. The number of likely N-dealkylation sites (N-methyl/N-ethyl adjacent to an activating group) is 1. The van der Waals surface area contributed by atoms with Gasteiger partial charge in [-0.25, -0.2) is 4.79 Å². The summed E-state index contributed by atoms with van der Waals surface area (Å²) in [5.41, 5.74) is 4.77. The Bertz CT molecular complexity index is 828. The Morgan fingerprint density at radius 3 is 2.40 bits per heavy atom. The van der Waals surface area contributed by atoms with Crippen LogP contribution in [0.15, 0.2) is 48.5 Å². The Hall–Kier alpha value is -2.17. The van der Waals surface area contributed by atoms with E-state index in [-0.39, 0.29) is 5.97 Å². The second-order valence-electron chi connectivity index (χ2n) is 8.72. The molecule has 1 saturated heterocycles. The third-order valence-corrected chi connectivity index (χ3v) is 6.69. The number of hydrogen-bond acceptors (Lipinski definition) is 4. The van der Waals surface area contributed by atoms with Crippen molar-refractivity contribution >= 4 is 5.97 Å². The lowest BCUT2D eigenvalue weighted by atomic mass is 9.97. The molecule has 4 heteroatoms. The standard InChI is InChI=1S/C26H34N2O2/c1-2-27-16-12-23-8-9-25(18-24(23)13-17-27)26(29)30-20-22-10-14-28(15-11-22)19-21-6-4-3-5-7-21/h3-9,18,22H,2,10-17,19-20H2,1H3. The molecular weight excluding hydrogens is 372 g/mol. The molecule has 4 nitrogen and oxygen atoms in total. The van der Waals surface area contributed by atoms with Gasteiger partial charge in [0.05, 0.1) is 12.2 Å². The zero-order valence-electron chi connectivity index (χ0n) is 18.2. The first-order valence-corrected chi connectivity index (χ1v) is 11.5. The second-order valence-corrected chi connectivity index (χ2v) is 8.72. The Balaban J connectivity index is 1.24. The highest BCUT2D eigenvalue weighted by Crippen LogP contribution is 2.21. The number of benzene rings is 2. The molecule has 0 unspecified atom stereocenters. The Labute approximate surface area is 180 Å². The molecule has 160 valence electrons. The van der Waals surface area contributed by atoms with Gasteiger partial charge in [-0.2, -0.15) is 0 Å². The van der Waals surface area contributed by atoms with Crippen LogP contribution in [0.1, 0.15) is 46.8 Å². The topological polar surface area (TPSA) is 32.8 Å². The largest absolute Gasteiger partial charge is 0.462 e. The lowest BCUT2D eigenvalue weighted by Gasteiger charge is -2.31. The molecule has 0 spiro atoms. The molecule has 0 saturated carbocycles. The molecule has 0 amide bonds. The molecule has 2 aromatic rings. The van der Waals surface area contributed by atoms with Crippen LogP contribution in [-0.2, 0) is 24.1 Å². The minimum absolute atomic E-state index is 0.166. The van der Waals surface area contributed by atoms with E-state index in [1.54, 1.807) is 0 Å². The van der Waals surface area contributed by atoms with E-state index in [0.717, 1.165) is 65.0 Å². The van der Waals surface area contributed by atoms with Crippen molar-refractivity contribution in [3.05, 3.63) is 70.8 Å². The fraction of sp³-hybridized carbons (Fsp3) is 0.500. The Morgan fingerprint density at radius 1 is 0.933 bits per heavy atom. The van der Waals surface area contributed by atoms with E-state index in [1.165, 1.54) is 16.7 Å². The van der Waals surface area contributed by atoms with Crippen LogP contribution >= 0.6 is 0 Å². The summed E-state index contributed by atoms with van der Waals surface area (Å²) in [5, 5.41) is 0. The first-order chi connectivity index (χ1) is 14.7. The van der Waals surface area contributed by atoms with Crippen molar-refractivity contribution in [2.24, 2.45) is 5.92 Å². The van der Waals surface area contributed by atoms with E-state index in [1.807, 2.05) is 6.07 Å². The number of piperidine rings is 1. The first-order valence-electron chi connectivity index (χ1n) is 11.5. The molecule has 1 fully saturated rings. The summed E-state index contributed by atoms with van der Waals surface area (Å²) in [4.78, 5) is 17.6. The Morgan fingerprint density at radius 2 is 1.67 bits per heavy atom. The average Bonchev–Trinajstić information content (AvgIpc) is 3.01. The van der Waals surface area contributed by atoms with Gasteiger partial charge in [0, 0.05) is 19.6 Å². The smallest absolute Gasteiger partial charge is 0.338 e. The van der Waals surface area contributed by atoms with Crippen molar-refractivity contribution in [2.45, 2.75) is 39.2 Å². The van der Waals surface area contributed by atoms with Crippen molar-refractivity contribution in [3.63, 3.8) is 0 Å². The van der Waals surface area contributed by atoms with Crippen LogP contribution in [0.4, 0.5) is 0 Å². The number of ether oxygens (including phenoxy) is 1. The molecular formula is C26H34N2O2. The predicted molar refractivity (Wildman–Crippen MR) is 121 cm³/mol. The molecule has 2 heterocycles. The second kappa shape index (κ2) is 10.2. The van der Waals surface area contributed by atoms with Gasteiger partial charge in [-0.15, -0.1) is 0 Å². The van der Waals surface area contributed by atoms with Gasteiger partial charge >= 0.3 is 5.97 Å². The van der Waals surface area contributed by atoms with Crippen molar-refractivity contribution < 1.29 is 9.53 Å². The summed E-state index contributed by atoms with van der Waals surface area (Å²) < 4.78 is 5.72. The quantitative estimate of drug-likeness (QED) is 0.674. The normalized spacial score (nSPS) is 18.6. The van der Waals surface area contributed by atoms with Gasteiger partial charge in [0.2, 0.25) is 0 Å². The fourth-order valence-electron chi connectivity index (χ4n) is 4.64. The molecule has 2 aliphatic heterocycles. The highest BCUT2D eigenvalue weighted by atomic mass is 16.5. The number of rotatable bonds is 6. The van der Waals surface area contributed by atoms with Crippen molar-refractivity contribution in [1.82, 2.24) is 9.80 Å². The van der Waals surface area contributed by atoms with E-state index >= 15 is 0 Å². The fourth-order valence-corrected chi connectivity index (χ4v) is 4.64. The number of likely N-dealkylation sites (tertiary alicyclic amines) is 1.